The molecule has 0 aromatic heterocycles. The molecule has 0 saturated carbocycles. The van der Waals surface area contributed by atoms with Crippen molar-refractivity contribution in [3.05, 3.63) is 41.5 Å². The molecule has 0 spiro atoms. The Morgan fingerprint density at radius 2 is 1.93 bits per heavy atom. The highest BCUT2D eigenvalue weighted by molar-refractivity contribution is 5.99. The number of carboxylic acids is 1. The summed E-state index contributed by atoms with van der Waals surface area (Å²) < 4.78 is 11.3. The molecule has 1 saturated heterocycles. The van der Waals surface area contributed by atoms with E-state index >= 15 is 0 Å². The summed E-state index contributed by atoms with van der Waals surface area (Å²) in [6, 6.07) is 8.83. The monoisotopic (exact) mass is 414 g/mol. The largest absolute Gasteiger partial charge is 0.494 e. The van der Waals surface area contributed by atoms with Gasteiger partial charge in [-0.25, -0.2) is 4.79 Å². The lowest BCUT2D eigenvalue weighted by molar-refractivity contribution is -0.120. The Morgan fingerprint density at radius 3 is 2.60 bits per heavy atom. The highest BCUT2D eigenvalue weighted by atomic mass is 16.5. The van der Waals surface area contributed by atoms with Gasteiger partial charge in [-0.15, -0.1) is 0 Å². The summed E-state index contributed by atoms with van der Waals surface area (Å²) in [5, 5.41) is 11.1. The van der Waals surface area contributed by atoms with Crippen LogP contribution < -0.4 is 10.5 Å². The molecule has 1 aliphatic rings. The maximum Gasteiger partial charge on any atom is 0.336 e. The highest BCUT2D eigenvalue weighted by Crippen LogP contribution is 2.33. The number of amides is 1. The second kappa shape index (κ2) is 10.4. The lowest BCUT2D eigenvalue weighted by Crippen LogP contribution is -2.31. The first-order chi connectivity index (χ1) is 14.5. The zero-order chi connectivity index (χ0) is 21.5. The molecule has 1 heterocycles. The minimum absolute atomic E-state index is 0.0926. The molecule has 1 amide bonds. The number of nitrogens with zero attached hydrogens (tertiary/aromatic N) is 1. The fourth-order valence-corrected chi connectivity index (χ4v) is 4.10. The minimum atomic E-state index is -1.07. The average Bonchev–Trinajstić information content (AvgIpc) is 2.74. The van der Waals surface area contributed by atoms with Crippen LogP contribution in [-0.2, 0) is 9.53 Å². The number of carboxylic acid groups (broad SMARTS) is 1. The summed E-state index contributed by atoms with van der Waals surface area (Å²) in [6.07, 6.45) is 4.04. The van der Waals surface area contributed by atoms with E-state index in [1.165, 1.54) is 45.5 Å². The van der Waals surface area contributed by atoms with Gasteiger partial charge in [0, 0.05) is 19.2 Å². The van der Waals surface area contributed by atoms with Gasteiger partial charge in [-0.3, -0.25) is 4.79 Å². The number of ether oxygens (including phenoxy) is 2. The first kappa shape index (κ1) is 22.1. The Labute approximate surface area is 176 Å². The molecule has 3 N–H and O–H groups in total. The van der Waals surface area contributed by atoms with Crippen LogP contribution in [0.5, 0.6) is 5.75 Å². The molecule has 1 unspecified atom stereocenters. The number of likely N-dealkylation sites (tertiary alicyclic amines) is 1. The number of nitrogens with two attached hydrogens (primary N) is 1. The van der Waals surface area contributed by atoms with Gasteiger partial charge in [0.25, 0.3) is 0 Å². The van der Waals surface area contributed by atoms with Crippen LogP contribution in [0.25, 0.3) is 10.8 Å². The van der Waals surface area contributed by atoms with Gasteiger partial charge in [0.2, 0.25) is 5.91 Å². The van der Waals surface area contributed by atoms with E-state index in [9.17, 15) is 14.7 Å². The molecule has 3 rings (SSSR count). The number of fused-ring (bicyclic) bond motifs is 1. The molecule has 2 aromatic carbocycles. The third-order valence-corrected chi connectivity index (χ3v) is 5.59. The van der Waals surface area contributed by atoms with Crippen molar-refractivity contribution in [1.82, 2.24) is 4.90 Å². The fourth-order valence-electron chi connectivity index (χ4n) is 4.10. The third-order valence-electron chi connectivity index (χ3n) is 5.59. The predicted molar refractivity (Wildman–Crippen MR) is 115 cm³/mol. The van der Waals surface area contributed by atoms with Crippen LogP contribution in [0, 0.1) is 0 Å². The van der Waals surface area contributed by atoms with E-state index in [0.29, 0.717) is 17.6 Å². The number of methoxy groups -OCH3 is 1. The number of hydrogen-bond acceptors (Lipinski definition) is 5. The summed E-state index contributed by atoms with van der Waals surface area (Å²) in [4.78, 5) is 25.7. The van der Waals surface area contributed by atoms with Gasteiger partial charge in [-0.1, -0.05) is 18.6 Å². The molecule has 162 valence electrons. The van der Waals surface area contributed by atoms with Crippen molar-refractivity contribution in [3.8, 4) is 5.75 Å². The molecule has 1 atom stereocenters. The predicted octanol–water partition coefficient (Wildman–Crippen LogP) is 3.36. The van der Waals surface area contributed by atoms with Crippen LogP contribution in [0.2, 0.25) is 0 Å². The Hall–Kier alpha value is -2.64. The van der Waals surface area contributed by atoms with E-state index in [1.54, 1.807) is 6.07 Å². The van der Waals surface area contributed by atoms with Crippen molar-refractivity contribution >= 4 is 22.6 Å². The molecule has 7 heteroatoms. The van der Waals surface area contributed by atoms with E-state index < -0.39 is 18.0 Å². The van der Waals surface area contributed by atoms with Crippen LogP contribution in [-0.4, -0.2) is 55.2 Å². The second-order valence-corrected chi connectivity index (χ2v) is 7.71. The van der Waals surface area contributed by atoms with E-state index in [0.717, 1.165) is 24.1 Å². The Morgan fingerprint density at radius 1 is 1.17 bits per heavy atom. The van der Waals surface area contributed by atoms with E-state index in [2.05, 4.69) is 4.90 Å². The van der Waals surface area contributed by atoms with Crippen molar-refractivity contribution in [1.29, 1.82) is 0 Å². The average molecular weight is 415 g/mol. The SMILES string of the molecule is COC(CC(N)=O)c1c(C(=O)O)ccc2cc(OCCCN3CCCCC3)ccc12. The Balaban J connectivity index is 1.76. The van der Waals surface area contributed by atoms with Crippen LogP contribution >= 0.6 is 0 Å². The number of primary amides is 1. The Bertz CT molecular complexity index is 893. The normalized spacial score (nSPS) is 15.8. The molecule has 0 bridgehead atoms. The van der Waals surface area contributed by atoms with Gasteiger partial charge >= 0.3 is 5.97 Å². The first-order valence-corrected chi connectivity index (χ1v) is 10.5. The number of benzene rings is 2. The fraction of sp³-hybridized carbons (Fsp3) is 0.478. The van der Waals surface area contributed by atoms with Crippen LogP contribution in [0.3, 0.4) is 0 Å². The van der Waals surface area contributed by atoms with Gasteiger partial charge in [0.15, 0.2) is 0 Å². The van der Waals surface area contributed by atoms with Gasteiger partial charge in [0.05, 0.1) is 24.7 Å². The molecular formula is C23H30N2O5. The van der Waals surface area contributed by atoms with Gasteiger partial charge in [0.1, 0.15) is 5.75 Å². The minimum Gasteiger partial charge on any atom is -0.494 e. The number of hydrogen-bond donors (Lipinski definition) is 2. The summed E-state index contributed by atoms with van der Waals surface area (Å²) in [6.45, 7) is 4.03. The number of aromatic carboxylic acids is 1. The molecular weight excluding hydrogens is 384 g/mol. The summed E-state index contributed by atoms with van der Waals surface area (Å²) in [7, 11) is 1.44. The number of rotatable bonds is 10. The van der Waals surface area contributed by atoms with Crippen LogP contribution in [0.1, 0.15) is 54.1 Å². The van der Waals surface area contributed by atoms with Crippen molar-refractivity contribution < 1.29 is 24.2 Å². The standard InChI is InChI=1S/C23H30N2O5/c1-29-20(15-21(24)26)22-18-9-7-17(14-16(18)6-8-19(22)23(27)28)30-13-5-12-25-10-3-2-4-11-25/h6-9,14,20H,2-5,10-13,15H2,1H3,(H2,24,26)(H,27,28). The van der Waals surface area contributed by atoms with Crippen LogP contribution in [0.4, 0.5) is 0 Å². The molecule has 1 fully saturated rings. The van der Waals surface area contributed by atoms with E-state index in [1.807, 2.05) is 18.2 Å². The topological polar surface area (TPSA) is 102 Å². The number of piperidine rings is 1. The second-order valence-electron chi connectivity index (χ2n) is 7.71. The number of carbonyl (C=O) groups is 2. The van der Waals surface area contributed by atoms with Crippen molar-refractivity contribution in [2.45, 2.75) is 38.2 Å². The van der Waals surface area contributed by atoms with Crippen molar-refractivity contribution in [2.75, 3.05) is 33.4 Å². The molecule has 7 nitrogen and oxygen atoms in total. The maximum absolute atomic E-state index is 11.7. The lowest BCUT2D eigenvalue weighted by atomic mass is 9.93. The Kier molecular flexibility index (Phi) is 7.65. The van der Waals surface area contributed by atoms with Crippen molar-refractivity contribution in [3.63, 3.8) is 0 Å². The maximum atomic E-state index is 11.7. The molecule has 1 aliphatic heterocycles. The summed E-state index contributed by atoms with van der Waals surface area (Å²) >= 11 is 0. The zero-order valence-corrected chi connectivity index (χ0v) is 17.4. The quantitative estimate of drug-likeness (QED) is 0.578. The number of carbonyl (C=O) groups excluding carboxylic acids is 1. The van der Waals surface area contributed by atoms with Gasteiger partial charge in [-0.2, -0.15) is 0 Å². The zero-order valence-electron chi connectivity index (χ0n) is 17.4. The molecule has 0 radical (unpaired) electrons. The van der Waals surface area contributed by atoms with Crippen LogP contribution in [0.15, 0.2) is 30.3 Å². The summed E-state index contributed by atoms with van der Waals surface area (Å²) in [5.74, 6) is -0.889. The smallest absolute Gasteiger partial charge is 0.336 e. The van der Waals surface area contributed by atoms with E-state index in [4.69, 9.17) is 15.2 Å². The van der Waals surface area contributed by atoms with Crippen molar-refractivity contribution in [2.24, 2.45) is 5.73 Å². The molecule has 2 aromatic rings. The molecule has 30 heavy (non-hydrogen) atoms. The lowest BCUT2D eigenvalue weighted by Gasteiger charge is -2.26. The van der Waals surface area contributed by atoms with Gasteiger partial charge in [-0.05, 0) is 61.3 Å². The highest BCUT2D eigenvalue weighted by Gasteiger charge is 2.23. The van der Waals surface area contributed by atoms with Gasteiger partial charge < -0.3 is 25.2 Å². The summed E-state index contributed by atoms with van der Waals surface area (Å²) in [5.41, 5.74) is 5.89. The third kappa shape index (κ3) is 5.49. The molecule has 0 aliphatic carbocycles. The van der Waals surface area contributed by atoms with E-state index in [-0.39, 0.29) is 12.0 Å². The first-order valence-electron chi connectivity index (χ1n) is 10.5.